The summed E-state index contributed by atoms with van der Waals surface area (Å²) in [4.78, 5) is 26.4. The molecule has 4 bridgehead atoms. The van der Waals surface area contributed by atoms with E-state index in [0.29, 0.717) is 46.9 Å². The summed E-state index contributed by atoms with van der Waals surface area (Å²) in [6.45, 7) is 5.52. The second-order valence-corrected chi connectivity index (χ2v) is 18.3. The van der Waals surface area contributed by atoms with Crippen molar-refractivity contribution in [1.82, 2.24) is 39.2 Å². The smallest absolute Gasteiger partial charge is 0.182 e. The fraction of sp³-hybridized carbons (Fsp3) is 0.308. The number of hydrogen-bond acceptors (Lipinski definition) is 15. The van der Waals surface area contributed by atoms with Crippen LogP contribution in [0.1, 0.15) is 38.5 Å². The number of thiocarbonyl (C=S) groups is 2. The Morgan fingerprint density at radius 2 is 1.13 bits per heavy atom. The summed E-state index contributed by atoms with van der Waals surface area (Å²) in [5.74, 6) is 3.33. The zero-order valence-corrected chi connectivity index (χ0v) is 40.7. The molecule has 17 nitrogen and oxygen atoms in total. The molecule has 5 fully saturated rings. The number of nitrogen functional groups attached to an aromatic ring is 1. The minimum Gasteiger partial charge on any atom is -0.397 e. The van der Waals surface area contributed by atoms with Crippen molar-refractivity contribution in [2.75, 3.05) is 65.6 Å². The lowest BCUT2D eigenvalue weighted by Gasteiger charge is -2.33. The summed E-state index contributed by atoms with van der Waals surface area (Å²) in [6, 6.07) is 31.2. The molecule has 5 aliphatic rings. The number of benzene rings is 2. The highest BCUT2D eigenvalue weighted by molar-refractivity contribution is 7.80. The number of anilines is 5. The standard InChI is InChI=1S/C24H23N7OS.C19H17N5OS.C5H6N2.C4H8O/c33-24(27-18-3-1-11-25-13-18)26-17-7-5-16(6-8-17)22-28-23(21-4-2-12-31(21)29-22)30-14-19-9-10-20(15-30)32-19;26-12-20-14-5-3-13(4-6-14)18-21-19(17-2-1-9-24(17)22-18)23-10-15-7-8-16(11-23)25-15;6-5-2-1-3-7-4-5;1-2-4-5-3-1/h1-8,11-13,19-20H,9-10,14-15H2,(H2,26,27,33);1-6,9,15-16H,7-8,10-11H2;1-4H,6H2;1-4H2/t19-,20+;15-,16+;;. The van der Waals surface area contributed by atoms with Crippen molar-refractivity contribution < 1.29 is 14.2 Å². The first-order valence-corrected chi connectivity index (χ1v) is 24.7. The third-order valence-electron chi connectivity index (χ3n) is 12.6. The second kappa shape index (κ2) is 22.7. The molecule has 6 aromatic heterocycles. The number of pyridine rings is 2. The van der Waals surface area contributed by atoms with Gasteiger partial charge in [0.25, 0.3) is 0 Å². The first kappa shape index (κ1) is 47.4. The van der Waals surface area contributed by atoms with E-state index in [-0.39, 0.29) is 0 Å². The van der Waals surface area contributed by atoms with Gasteiger partial charge >= 0.3 is 0 Å². The first-order chi connectivity index (χ1) is 34.9. The average molecular weight is 987 g/mol. The summed E-state index contributed by atoms with van der Waals surface area (Å²) in [5, 5.41) is 18.6. The van der Waals surface area contributed by atoms with Gasteiger partial charge < -0.3 is 40.4 Å². The number of nitrogens with two attached hydrogens (primary N) is 1. The lowest BCUT2D eigenvalue weighted by Crippen LogP contribution is -2.43. The van der Waals surface area contributed by atoms with Crippen LogP contribution in [0.3, 0.4) is 0 Å². The molecule has 13 rings (SSSR count). The number of hydrogen-bond donors (Lipinski definition) is 3. The van der Waals surface area contributed by atoms with E-state index < -0.39 is 0 Å². The van der Waals surface area contributed by atoms with Crippen molar-refractivity contribution in [3.05, 3.63) is 134 Å². The van der Waals surface area contributed by atoms with Crippen molar-refractivity contribution in [2.45, 2.75) is 62.9 Å². The number of ether oxygens (including phenoxy) is 3. The van der Waals surface area contributed by atoms with E-state index in [9.17, 15) is 0 Å². The number of rotatable bonds is 7. The highest BCUT2D eigenvalue weighted by atomic mass is 32.1. The monoisotopic (exact) mass is 986 g/mol. The average Bonchev–Trinajstić information content (AvgIpc) is 4.29. The lowest BCUT2D eigenvalue weighted by atomic mass is 10.2. The molecule has 11 heterocycles. The van der Waals surface area contributed by atoms with Crippen LogP contribution < -0.4 is 26.2 Å². The number of fused-ring (bicyclic) bond motifs is 6. The molecule has 4 N–H and O–H groups in total. The van der Waals surface area contributed by atoms with E-state index >= 15 is 0 Å². The number of aromatic nitrogens is 8. The maximum absolute atomic E-state index is 6.02. The van der Waals surface area contributed by atoms with Crippen LogP contribution >= 0.6 is 24.4 Å². The molecule has 5 saturated heterocycles. The fourth-order valence-corrected chi connectivity index (χ4v) is 9.52. The molecule has 4 atom stereocenters. The molecule has 0 aliphatic carbocycles. The Morgan fingerprint density at radius 3 is 1.56 bits per heavy atom. The van der Waals surface area contributed by atoms with Gasteiger partial charge in [-0.15, -0.1) is 10.2 Å². The Bertz CT molecular complexity index is 3050. The molecule has 0 radical (unpaired) electrons. The van der Waals surface area contributed by atoms with Crippen molar-refractivity contribution in [1.29, 1.82) is 0 Å². The maximum Gasteiger partial charge on any atom is 0.182 e. The third-order valence-corrected chi connectivity index (χ3v) is 12.9. The van der Waals surface area contributed by atoms with Crippen molar-refractivity contribution in [3.8, 4) is 22.8 Å². The Balaban J connectivity index is 0.000000135. The molecular weight excluding hydrogens is 933 g/mol. The maximum atomic E-state index is 6.02. The summed E-state index contributed by atoms with van der Waals surface area (Å²) in [7, 11) is 0. The van der Waals surface area contributed by atoms with Crippen molar-refractivity contribution in [3.63, 3.8) is 0 Å². The van der Waals surface area contributed by atoms with E-state index in [2.05, 4.69) is 70.0 Å². The summed E-state index contributed by atoms with van der Waals surface area (Å²) >= 11 is 10.1. The third kappa shape index (κ3) is 12.0. The van der Waals surface area contributed by atoms with Crippen LogP contribution in [0.2, 0.25) is 0 Å². The van der Waals surface area contributed by atoms with E-state index in [0.717, 1.165) is 116 Å². The Kier molecular flexibility index (Phi) is 15.1. The van der Waals surface area contributed by atoms with Crippen LogP contribution in [0, 0.1) is 0 Å². The molecular formula is C52H54N14O3S2. The summed E-state index contributed by atoms with van der Waals surface area (Å²) in [6.07, 6.45) is 19.0. The first-order valence-electron chi connectivity index (χ1n) is 23.9. The summed E-state index contributed by atoms with van der Waals surface area (Å²) in [5.41, 5.74) is 12.4. The SMILES string of the molecule is C1CCOC1.Nc1cccnc1.S=C(Nc1ccc(-c2nc(N3C[C@H]4CC[C@@H](C3)O4)c3cccn3n2)cc1)Nc1cccnc1.S=C=Nc1ccc(-c2nc(N3C[C@H]4CC[C@@H](C3)O4)c3cccn3n2)cc1. The van der Waals surface area contributed by atoms with E-state index in [1.807, 2.05) is 94.2 Å². The van der Waals surface area contributed by atoms with Gasteiger partial charge in [-0.1, -0.05) is 0 Å². The number of isothiocyanates is 1. The Hall–Kier alpha value is -7.25. The van der Waals surface area contributed by atoms with Crippen molar-refractivity contribution >= 4 is 80.1 Å². The fourth-order valence-electron chi connectivity index (χ4n) is 9.18. The number of morpholine rings is 2. The van der Waals surface area contributed by atoms with Gasteiger partial charge in [-0.2, -0.15) is 4.99 Å². The molecule has 362 valence electrons. The summed E-state index contributed by atoms with van der Waals surface area (Å²) < 4.78 is 20.8. The topological polar surface area (TPSA) is 183 Å². The molecule has 0 saturated carbocycles. The molecule has 71 heavy (non-hydrogen) atoms. The minimum absolute atomic E-state index is 0.298. The molecule has 19 heteroatoms. The van der Waals surface area contributed by atoms with E-state index in [4.69, 9.17) is 47.2 Å². The molecule has 0 spiro atoms. The van der Waals surface area contributed by atoms with Crippen LogP contribution in [-0.4, -0.2) is 113 Å². The van der Waals surface area contributed by atoms with Gasteiger partial charge in [0.15, 0.2) is 28.4 Å². The Labute approximate surface area is 422 Å². The van der Waals surface area contributed by atoms with Crippen LogP contribution in [-0.2, 0) is 14.2 Å². The van der Waals surface area contributed by atoms with Gasteiger partial charge in [0.1, 0.15) is 11.0 Å². The van der Waals surface area contributed by atoms with Crippen LogP contribution in [0.15, 0.2) is 139 Å². The highest BCUT2D eigenvalue weighted by Crippen LogP contribution is 2.34. The van der Waals surface area contributed by atoms with Crippen LogP contribution in [0.5, 0.6) is 0 Å². The van der Waals surface area contributed by atoms with Gasteiger partial charge in [-0.25, -0.2) is 19.0 Å². The van der Waals surface area contributed by atoms with Gasteiger partial charge in [0, 0.05) is 87.2 Å². The lowest BCUT2D eigenvalue weighted by molar-refractivity contribution is 0.0301. The molecule has 0 unspecified atom stereocenters. The van der Waals surface area contributed by atoms with E-state index in [1.54, 1.807) is 36.9 Å². The van der Waals surface area contributed by atoms with Gasteiger partial charge in [0.2, 0.25) is 0 Å². The second-order valence-electron chi connectivity index (χ2n) is 17.7. The normalized spacial score (nSPS) is 19.6. The molecule has 8 aromatic rings. The minimum atomic E-state index is 0.298. The zero-order chi connectivity index (χ0) is 48.4. The predicted octanol–water partition coefficient (Wildman–Crippen LogP) is 8.93. The van der Waals surface area contributed by atoms with Gasteiger partial charge in [0.05, 0.1) is 52.8 Å². The van der Waals surface area contributed by atoms with Gasteiger partial charge in [-0.05, 0) is 160 Å². The van der Waals surface area contributed by atoms with Crippen molar-refractivity contribution in [2.24, 2.45) is 4.99 Å². The number of aliphatic imine (C=N–C) groups is 1. The zero-order valence-electron chi connectivity index (χ0n) is 39.0. The Morgan fingerprint density at radius 1 is 0.620 bits per heavy atom. The quantitative estimate of drug-likeness (QED) is 0.102. The number of nitrogens with zero attached hydrogens (tertiary/aromatic N) is 11. The molecule has 5 aliphatic heterocycles. The van der Waals surface area contributed by atoms with Crippen LogP contribution in [0.4, 0.5) is 34.4 Å². The highest BCUT2D eigenvalue weighted by Gasteiger charge is 2.36. The van der Waals surface area contributed by atoms with Crippen LogP contribution in [0.25, 0.3) is 33.8 Å². The van der Waals surface area contributed by atoms with Gasteiger partial charge in [-0.3, -0.25) is 9.97 Å². The number of nitrogens with one attached hydrogen (secondary N) is 2. The molecule has 0 amide bonds. The largest absolute Gasteiger partial charge is 0.397 e. The van der Waals surface area contributed by atoms with E-state index in [1.165, 1.54) is 12.8 Å². The molecule has 2 aromatic carbocycles. The predicted molar refractivity (Wildman–Crippen MR) is 285 cm³/mol.